The van der Waals surface area contributed by atoms with Gasteiger partial charge in [-0.25, -0.2) is 4.98 Å². The molecule has 0 unspecified atom stereocenters. The van der Waals surface area contributed by atoms with E-state index in [1.165, 1.54) is 12.4 Å². The minimum absolute atomic E-state index is 0.0167. The van der Waals surface area contributed by atoms with E-state index in [0.29, 0.717) is 25.9 Å². The molecule has 170 valence electrons. The van der Waals surface area contributed by atoms with Crippen LogP contribution in [0.1, 0.15) is 42.6 Å². The number of likely N-dealkylation sites (tertiary alicyclic amines) is 1. The standard InChI is InChI=1S/C20H25F3N4O3S/c1-11(2)25-15(28)9-27-6-4-12(5-7-27)30-16-8-14(20(21,22)23)18-17(26-16)13(10-31-18)19(29)24-3/h8,10-12H,4-7,9H2,1-3H3,(H,24,29)(H,25,28). The highest BCUT2D eigenvalue weighted by atomic mass is 32.1. The number of pyridine rings is 1. The highest BCUT2D eigenvalue weighted by molar-refractivity contribution is 7.17. The second kappa shape index (κ2) is 9.39. The van der Waals surface area contributed by atoms with E-state index in [-0.39, 0.29) is 46.3 Å². The van der Waals surface area contributed by atoms with Gasteiger partial charge >= 0.3 is 6.18 Å². The number of aromatic nitrogens is 1. The van der Waals surface area contributed by atoms with Crippen molar-refractivity contribution in [2.24, 2.45) is 0 Å². The van der Waals surface area contributed by atoms with Crippen LogP contribution in [0.5, 0.6) is 5.88 Å². The van der Waals surface area contributed by atoms with Gasteiger partial charge in [-0.1, -0.05) is 0 Å². The van der Waals surface area contributed by atoms with Crippen molar-refractivity contribution in [2.45, 2.75) is 45.0 Å². The van der Waals surface area contributed by atoms with Gasteiger partial charge in [-0.15, -0.1) is 11.3 Å². The Morgan fingerprint density at radius 1 is 1.32 bits per heavy atom. The molecule has 0 bridgehead atoms. The van der Waals surface area contributed by atoms with Crippen molar-refractivity contribution in [1.29, 1.82) is 0 Å². The van der Waals surface area contributed by atoms with Crippen LogP contribution in [0.25, 0.3) is 10.2 Å². The van der Waals surface area contributed by atoms with Crippen molar-refractivity contribution in [2.75, 3.05) is 26.7 Å². The fourth-order valence-electron chi connectivity index (χ4n) is 3.48. The molecule has 1 aliphatic rings. The summed E-state index contributed by atoms with van der Waals surface area (Å²) in [5, 5.41) is 6.62. The molecule has 2 aromatic heterocycles. The van der Waals surface area contributed by atoms with Gasteiger partial charge in [0.05, 0.1) is 27.9 Å². The number of thiophene rings is 1. The van der Waals surface area contributed by atoms with Gasteiger partial charge in [0, 0.05) is 37.6 Å². The van der Waals surface area contributed by atoms with Gasteiger partial charge in [0.15, 0.2) is 0 Å². The number of hydrogen-bond acceptors (Lipinski definition) is 6. The predicted octanol–water partition coefficient (Wildman–Crippen LogP) is 3.04. The van der Waals surface area contributed by atoms with Crippen LogP contribution in [0.4, 0.5) is 13.2 Å². The molecule has 0 atom stereocenters. The summed E-state index contributed by atoms with van der Waals surface area (Å²) in [7, 11) is 1.41. The first kappa shape index (κ1) is 23.3. The molecular weight excluding hydrogens is 433 g/mol. The molecule has 1 aliphatic heterocycles. The van der Waals surface area contributed by atoms with Gasteiger partial charge in [0.25, 0.3) is 5.91 Å². The first-order chi connectivity index (χ1) is 14.6. The largest absolute Gasteiger partial charge is 0.474 e. The Morgan fingerprint density at radius 2 is 2.00 bits per heavy atom. The Hall–Kier alpha value is -2.40. The Balaban J connectivity index is 1.75. The predicted molar refractivity (Wildman–Crippen MR) is 111 cm³/mol. The van der Waals surface area contributed by atoms with Crippen LogP contribution in [0.2, 0.25) is 0 Å². The maximum atomic E-state index is 13.6. The van der Waals surface area contributed by atoms with Crippen LogP contribution in [0.15, 0.2) is 11.4 Å². The van der Waals surface area contributed by atoms with Crippen LogP contribution in [-0.4, -0.2) is 60.5 Å². The van der Waals surface area contributed by atoms with Gasteiger partial charge in [0.1, 0.15) is 6.10 Å². The van der Waals surface area contributed by atoms with Crippen molar-refractivity contribution in [3.63, 3.8) is 0 Å². The molecule has 7 nitrogen and oxygen atoms in total. The number of nitrogens with zero attached hydrogens (tertiary/aromatic N) is 2. The molecular formula is C20H25F3N4O3S. The summed E-state index contributed by atoms with van der Waals surface area (Å²) in [6, 6.07) is 0.962. The minimum atomic E-state index is -4.60. The Labute approximate surface area is 182 Å². The zero-order valence-electron chi connectivity index (χ0n) is 17.5. The van der Waals surface area contributed by atoms with Crippen molar-refractivity contribution >= 4 is 33.4 Å². The zero-order valence-corrected chi connectivity index (χ0v) is 18.3. The average molecular weight is 459 g/mol. The second-order valence-electron chi connectivity index (χ2n) is 7.73. The number of piperidine rings is 1. The molecule has 0 saturated carbocycles. The van der Waals surface area contributed by atoms with Crippen LogP contribution in [0.3, 0.4) is 0 Å². The third-order valence-electron chi connectivity index (χ3n) is 4.92. The van der Waals surface area contributed by atoms with E-state index >= 15 is 0 Å². The molecule has 11 heteroatoms. The van der Waals surface area contributed by atoms with E-state index in [4.69, 9.17) is 4.74 Å². The van der Waals surface area contributed by atoms with Crippen molar-refractivity contribution in [1.82, 2.24) is 20.5 Å². The van der Waals surface area contributed by atoms with Crippen molar-refractivity contribution < 1.29 is 27.5 Å². The number of hydrogen-bond donors (Lipinski definition) is 2. The second-order valence-corrected chi connectivity index (χ2v) is 8.61. The van der Waals surface area contributed by atoms with Gasteiger partial charge in [0.2, 0.25) is 11.8 Å². The first-order valence-electron chi connectivity index (χ1n) is 9.98. The minimum Gasteiger partial charge on any atom is -0.474 e. The smallest absolute Gasteiger partial charge is 0.418 e. The molecule has 0 spiro atoms. The number of carbonyl (C=O) groups is 2. The average Bonchev–Trinajstić information content (AvgIpc) is 3.10. The maximum Gasteiger partial charge on any atom is 0.418 e. The van der Waals surface area contributed by atoms with Gasteiger partial charge in [-0.3, -0.25) is 14.5 Å². The van der Waals surface area contributed by atoms with Gasteiger partial charge < -0.3 is 15.4 Å². The summed E-state index contributed by atoms with van der Waals surface area (Å²) in [4.78, 5) is 30.1. The van der Waals surface area contributed by atoms with E-state index in [0.717, 1.165) is 17.4 Å². The van der Waals surface area contributed by atoms with Gasteiger partial charge in [-0.05, 0) is 26.7 Å². The van der Waals surface area contributed by atoms with Crippen molar-refractivity contribution in [3.05, 3.63) is 22.6 Å². The van der Waals surface area contributed by atoms with Crippen molar-refractivity contribution in [3.8, 4) is 5.88 Å². The lowest BCUT2D eigenvalue weighted by Gasteiger charge is -2.31. The normalized spacial score (nSPS) is 16.0. The Kier molecular flexibility index (Phi) is 7.05. The lowest BCUT2D eigenvalue weighted by atomic mass is 10.1. The number of alkyl halides is 3. The molecule has 0 radical (unpaired) electrons. The zero-order chi connectivity index (χ0) is 22.8. The lowest BCUT2D eigenvalue weighted by Crippen LogP contribution is -2.45. The molecule has 1 saturated heterocycles. The van der Waals surface area contributed by atoms with E-state index in [1.54, 1.807) is 0 Å². The molecule has 31 heavy (non-hydrogen) atoms. The number of halogens is 3. The topological polar surface area (TPSA) is 83.6 Å². The quantitative estimate of drug-likeness (QED) is 0.695. The Bertz CT molecular complexity index is 953. The molecule has 2 amide bonds. The van der Waals surface area contributed by atoms with Crippen LogP contribution in [-0.2, 0) is 11.0 Å². The number of ether oxygens (including phenoxy) is 1. The molecule has 2 aromatic rings. The SMILES string of the molecule is CNC(=O)c1csc2c(C(F)(F)F)cc(OC3CCN(CC(=O)NC(C)C)CC3)nc12. The number of nitrogens with one attached hydrogen (secondary N) is 2. The fourth-order valence-corrected chi connectivity index (χ4v) is 4.50. The maximum absolute atomic E-state index is 13.6. The summed E-state index contributed by atoms with van der Waals surface area (Å²) in [5.41, 5.74) is -0.795. The van der Waals surface area contributed by atoms with E-state index in [9.17, 15) is 22.8 Å². The molecule has 0 aliphatic carbocycles. The third kappa shape index (κ3) is 5.65. The molecule has 1 fully saturated rings. The molecule has 2 N–H and O–H groups in total. The van der Waals surface area contributed by atoms with Crippen LogP contribution >= 0.6 is 11.3 Å². The van der Waals surface area contributed by atoms with Gasteiger partial charge in [-0.2, -0.15) is 13.2 Å². The molecule has 3 rings (SSSR count). The van der Waals surface area contributed by atoms with E-state index in [2.05, 4.69) is 15.6 Å². The Morgan fingerprint density at radius 3 is 2.58 bits per heavy atom. The third-order valence-corrected chi connectivity index (χ3v) is 5.92. The van der Waals surface area contributed by atoms with E-state index in [1.807, 2.05) is 18.7 Å². The number of carbonyl (C=O) groups excluding carboxylic acids is 2. The molecule has 0 aromatic carbocycles. The summed E-state index contributed by atoms with van der Waals surface area (Å²) < 4.78 is 46.5. The van der Waals surface area contributed by atoms with E-state index < -0.39 is 17.6 Å². The highest BCUT2D eigenvalue weighted by Crippen LogP contribution is 2.40. The summed E-state index contributed by atoms with van der Waals surface area (Å²) in [5.74, 6) is -0.716. The first-order valence-corrected chi connectivity index (χ1v) is 10.9. The molecule has 3 heterocycles. The number of rotatable bonds is 6. The van der Waals surface area contributed by atoms with Crippen LogP contribution in [0, 0.1) is 0 Å². The fraction of sp³-hybridized carbons (Fsp3) is 0.550. The summed E-state index contributed by atoms with van der Waals surface area (Å²) >= 11 is 0.832. The number of fused-ring (bicyclic) bond motifs is 1. The lowest BCUT2D eigenvalue weighted by molar-refractivity contribution is -0.136. The van der Waals surface area contributed by atoms with Crippen LogP contribution < -0.4 is 15.4 Å². The highest BCUT2D eigenvalue weighted by Gasteiger charge is 2.36. The number of amides is 2. The summed E-state index contributed by atoms with van der Waals surface area (Å²) in [6.07, 6.45) is -3.81. The summed E-state index contributed by atoms with van der Waals surface area (Å²) in [6.45, 7) is 5.23. The monoisotopic (exact) mass is 458 g/mol.